The molecule has 0 aromatic heterocycles. The summed E-state index contributed by atoms with van der Waals surface area (Å²) in [6, 6.07) is 5.54. The molecular formula is C32H34O12. The molecule has 1 saturated carbocycles. The molecule has 3 aromatic rings. The fourth-order valence-electron chi connectivity index (χ4n) is 6.94. The van der Waals surface area contributed by atoms with E-state index in [9.17, 15) is 45.6 Å². The summed E-state index contributed by atoms with van der Waals surface area (Å²) in [4.78, 5) is 13.3. The Kier molecular flexibility index (Phi) is 6.62. The first-order valence-corrected chi connectivity index (χ1v) is 14.2. The van der Waals surface area contributed by atoms with Crippen LogP contribution in [0.3, 0.4) is 0 Å². The summed E-state index contributed by atoms with van der Waals surface area (Å²) >= 11 is 0. The first-order chi connectivity index (χ1) is 20.6. The average molecular weight is 611 g/mol. The minimum Gasteiger partial charge on any atom is -0.507 e. The first kappa shape index (κ1) is 29.4. The maximum Gasteiger partial charge on any atom is 0.338 e. The molecular weight excluding hydrogens is 576 g/mol. The lowest BCUT2D eigenvalue weighted by molar-refractivity contribution is -0.0683. The van der Waals surface area contributed by atoms with Crippen molar-refractivity contribution in [1.82, 2.24) is 0 Å². The summed E-state index contributed by atoms with van der Waals surface area (Å²) < 4.78 is 18.6. The maximum atomic E-state index is 13.3. The number of hydrogen-bond donors (Lipinski definition) is 8. The summed E-state index contributed by atoms with van der Waals surface area (Å²) in [5.74, 6) is -5.29. The van der Waals surface area contributed by atoms with E-state index in [1.807, 2.05) is 6.92 Å². The topological polar surface area (TPSA) is 207 Å². The van der Waals surface area contributed by atoms with Crippen LogP contribution >= 0.6 is 0 Å². The smallest absolute Gasteiger partial charge is 0.338 e. The van der Waals surface area contributed by atoms with Crippen molar-refractivity contribution in [3.8, 4) is 51.7 Å². The zero-order valence-electron chi connectivity index (χ0n) is 24.2. The van der Waals surface area contributed by atoms with Crippen LogP contribution in [0.5, 0.6) is 51.7 Å². The van der Waals surface area contributed by atoms with Crippen molar-refractivity contribution in [1.29, 1.82) is 0 Å². The van der Waals surface area contributed by atoms with Gasteiger partial charge >= 0.3 is 5.97 Å². The normalized spacial score (nSPS) is 25.6. The fourth-order valence-corrected chi connectivity index (χ4v) is 6.94. The second-order valence-corrected chi connectivity index (χ2v) is 12.7. The highest BCUT2D eigenvalue weighted by Crippen LogP contribution is 2.60. The predicted molar refractivity (Wildman–Crippen MR) is 153 cm³/mol. The molecule has 1 fully saturated rings. The molecule has 44 heavy (non-hydrogen) atoms. The van der Waals surface area contributed by atoms with Crippen molar-refractivity contribution in [2.45, 2.75) is 75.8 Å². The molecule has 2 heterocycles. The summed E-state index contributed by atoms with van der Waals surface area (Å²) in [6.07, 6.45) is -0.452. The monoisotopic (exact) mass is 610 g/mol. The third kappa shape index (κ3) is 4.79. The number of carbonyl (C=O) groups excluding carboxylic acids is 1. The minimum atomic E-state index is -1.18. The largest absolute Gasteiger partial charge is 0.507 e. The molecule has 0 spiro atoms. The van der Waals surface area contributed by atoms with E-state index >= 15 is 0 Å². The first-order valence-electron chi connectivity index (χ1n) is 14.2. The third-order valence-electron chi connectivity index (χ3n) is 9.09. The second-order valence-electron chi connectivity index (χ2n) is 12.7. The van der Waals surface area contributed by atoms with Gasteiger partial charge in [-0.05, 0) is 70.2 Å². The van der Waals surface area contributed by atoms with Crippen LogP contribution in [0.1, 0.15) is 79.1 Å². The number of esters is 1. The number of hydrogen-bond acceptors (Lipinski definition) is 12. The van der Waals surface area contributed by atoms with Gasteiger partial charge in [-0.15, -0.1) is 0 Å². The number of ether oxygens (including phenoxy) is 3. The Morgan fingerprint density at radius 1 is 0.909 bits per heavy atom. The Hall–Kier alpha value is -4.71. The number of rotatable bonds is 4. The molecule has 0 unspecified atom stereocenters. The molecule has 6 rings (SSSR count). The van der Waals surface area contributed by atoms with Gasteiger partial charge in [0.2, 0.25) is 0 Å². The van der Waals surface area contributed by atoms with E-state index in [2.05, 4.69) is 0 Å². The molecule has 3 aliphatic rings. The van der Waals surface area contributed by atoms with E-state index in [1.165, 1.54) is 6.07 Å². The maximum absolute atomic E-state index is 13.3. The quantitative estimate of drug-likeness (QED) is 0.153. The van der Waals surface area contributed by atoms with E-state index < -0.39 is 63.9 Å². The van der Waals surface area contributed by atoms with Gasteiger partial charge < -0.3 is 55.1 Å². The van der Waals surface area contributed by atoms with Crippen LogP contribution in [0.2, 0.25) is 0 Å². The van der Waals surface area contributed by atoms with Crippen molar-refractivity contribution in [3.63, 3.8) is 0 Å². The molecule has 12 heteroatoms. The lowest BCUT2D eigenvalue weighted by Crippen LogP contribution is -2.49. The molecule has 8 N–H and O–H groups in total. The molecule has 1 aliphatic carbocycles. The van der Waals surface area contributed by atoms with Gasteiger partial charge in [0.1, 0.15) is 29.0 Å². The van der Waals surface area contributed by atoms with Gasteiger partial charge in [-0.2, -0.15) is 0 Å². The Bertz CT molecular complexity index is 1630. The van der Waals surface area contributed by atoms with Crippen molar-refractivity contribution in [2.75, 3.05) is 0 Å². The standard InChI is InChI=1S/C32H34O12/c1-31(2,41)17-4-5-32(3)12-16(17)25-18(33)11-23-15(29(25)44-32)10-24(28(42-23)13-6-19(34)26(38)20(35)7-13)43-30(40)14-8-21(36)27(39)22(37)9-14/h6-9,11,16-17,24,28,33-39,41H,4-5,10,12H2,1-3H3/t16-,17+,24+,28+,32-/m0/s1. The molecule has 2 bridgehead atoms. The summed E-state index contributed by atoms with van der Waals surface area (Å²) in [7, 11) is 0. The number of aliphatic hydroxyl groups is 1. The zero-order valence-corrected chi connectivity index (χ0v) is 24.2. The van der Waals surface area contributed by atoms with Crippen LogP contribution in [0.4, 0.5) is 0 Å². The zero-order chi connectivity index (χ0) is 31.9. The second kappa shape index (κ2) is 9.91. The lowest BCUT2D eigenvalue weighted by Gasteiger charge is -2.51. The molecule has 234 valence electrons. The molecule has 5 atom stereocenters. The molecule has 0 amide bonds. The Balaban J connectivity index is 1.46. The van der Waals surface area contributed by atoms with Crippen LogP contribution < -0.4 is 9.47 Å². The van der Waals surface area contributed by atoms with Gasteiger partial charge in [0.15, 0.2) is 40.6 Å². The van der Waals surface area contributed by atoms with Gasteiger partial charge in [-0.25, -0.2) is 4.79 Å². The predicted octanol–water partition coefficient (Wildman–Crippen LogP) is 4.33. The van der Waals surface area contributed by atoms with Gasteiger partial charge in [0.25, 0.3) is 0 Å². The van der Waals surface area contributed by atoms with Crippen LogP contribution in [-0.2, 0) is 11.2 Å². The van der Waals surface area contributed by atoms with Crippen LogP contribution in [0, 0.1) is 5.92 Å². The van der Waals surface area contributed by atoms with E-state index in [0.717, 1.165) is 24.3 Å². The van der Waals surface area contributed by atoms with E-state index in [1.54, 1.807) is 13.8 Å². The van der Waals surface area contributed by atoms with Crippen LogP contribution in [-0.4, -0.2) is 64.1 Å². The number of aromatic hydroxyl groups is 7. The van der Waals surface area contributed by atoms with Crippen molar-refractivity contribution in [3.05, 3.63) is 52.6 Å². The van der Waals surface area contributed by atoms with Crippen LogP contribution in [0.25, 0.3) is 0 Å². The molecule has 0 saturated heterocycles. The number of fused-ring (bicyclic) bond motifs is 6. The van der Waals surface area contributed by atoms with E-state index in [0.29, 0.717) is 36.1 Å². The van der Waals surface area contributed by atoms with Gasteiger partial charge in [0.05, 0.1) is 11.2 Å². The third-order valence-corrected chi connectivity index (χ3v) is 9.09. The molecule has 0 radical (unpaired) electrons. The Labute approximate surface area is 251 Å². The highest BCUT2D eigenvalue weighted by Gasteiger charge is 2.52. The Morgan fingerprint density at radius 2 is 1.50 bits per heavy atom. The highest BCUT2D eigenvalue weighted by atomic mass is 16.6. The average Bonchev–Trinajstić information content (AvgIpc) is 2.93. The van der Waals surface area contributed by atoms with Crippen molar-refractivity contribution in [2.24, 2.45) is 5.92 Å². The van der Waals surface area contributed by atoms with Gasteiger partial charge in [-0.3, -0.25) is 0 Å². The van der Waals surface area contributed by atoms with E-state index in [4.69, 9.17) is 14.2 Å². The molecule has 2 aliphatic heterocycles. The van der Waals surface area contributed by atoms with Crippen molar-refractivity contribution < 1.29 is 59.9 Å². The SMILES string of the molecule is CC(C)(O)[C@@H]1CC[C@@]2(C)C[C@@H]1c1c(O)cc3c(c1O2)C[C@@H](OC(=O)c1cc(O)c(O)c(O)c1)[C@@H](c1cc(O)c(O)c(O)c1)O3. The van der Waals surface area contributed by atoms with Crippen LogP contribution in [0.15, 0.2) is 30.3 Å². The minimum absolute atomic E-state index is 0.0250. The number of phenols is 7. The summed E-state index contributed by atoms with van der Waals surface area (Å²) in [5, 5.41) is 82.3. The number of benzene rings is 3. The Morgan fingerprint density at radius 3 is 2.09 bits per heavy atom. The number of phenolic OH excluding ortho intramolecular Hbond substituents is 7. The lowest BCUT2D eigenvalue weighted by atomic mass is 9.62. The summed E-state index contributed by atoms with van der Waals surface area (Å²) in [6.45, 7) is 5.46. The van der Waals surface area contributed by atoms with Crippen molar-refractivity contribution >= 4 is 5.97 Å². The highest BCUT2D eigenvalue weighted by molar-refractivity contribution is 5.91. The van der Waals surface area contributed by atoms with E-state index in [-0.39, 0.29) is 40.9 Å². The fraction of sp³-hybridized carbons (Fsp3) is 0.406. The van der Waals surface area contributed by atoms with Gasteiger partial charge in [0, 0.05) is 35.1 Å². The molecule has 3 aromatic carbocycles. The summed E-state index contributed by atoms with van der Waals surface area (Å²) in [5.41, 5.74) is -0.775. The molecule has 12 nitrogen and oxygen atoms in total. The van der Waals surface area contributed by atoms with Gasteiger partial charge in [-0.1, -0.05) is 0 Å². The number of carbonyl (C=O) groups is 1.